The minimum absolute atomic E-state index is 0.150. The molecule has 2 atom stereocenters. The third-order valence-electron chi connectivity index (χ3n) is 6.37. The van der Waals surface area contributed by atoms with Gasteiger partial charge in [0.15, 0.2) is 0 Å². The second-order valence-corrected chi connectivity index (χ2v) is 8.69. The Morgan fingerprint density at radius 1 is 0.833 bits per heavy atom. The van der Waals surface area contributed by atoms with Crippen molar-refractivity contribution in [1.82, 2.24) is 15.0 Å². The normalized spacial score (nSPS) is 25.3. The first kappa shape index (κ1) is 18.6. The Morgan fingerprint density at radius 3 is 2.00 bits per heavy atom. The van der Waals surface area contributed by atoms with Gasteiger partial charge in [0.05, 0.1) is 0 Å². The van der Waals surface area contributed by atoms with E-state index in [-0.39, 0.29) is 16.6 Å². The van der Waals surface area contributed by atoms with Crippen LogP contribution in [-0.2, 0) is 10.8 Å². The first-order chi connectivity index (χ1) is 14.5. The molecule has 2 aliphatic carbocycles. The molecule has 0 spiro atoms. The van der Waals surface area contributed by atoms with Gasteiger partial charge in [-0.15, -0.1) is 15.0 Å². The molecular formula is C26H25N3O. The predicted octanol–water partition coefficient (Wildman–Crippen LogP) is 5.67. The maximum atomic E-state index is 11.4. The van der Waals surface area contributed by atoms with Crippen LogP contribution in [0.25, 0.3) is 16.7 Å². The topological polar surface area (TPSA) is 50.9 Å². The Bertz CT molecular complexity index is 1210. The van der Waals surface area contributed by atoms with E-state index in [9.17, 15) is 5.11 Å². The third kappa shape index (κ3) is 3.00. The summed E-state index contributed by atoms with van der Waals surface area (Å²) in [7, 11) is 0. The zero-order valence-corrected chi connectivity index (χ0v) is 17.3. The Balaban J connectivity index is 1.75. The van der Waals surface area contributed by atoms with E-state index >= 15 is 0 Å². The summed E-state index contributed by atoms with van der Waals surface area (Å²) in [5.41, 5.74) is 3.85. The van der Waals surface area contributed by atoms with Crippen molar-refractivity contribution in [3.05, 3.63) is 96.1 Å². The highest BCUT2D eigenvalue weighted by Gasteiger charge is 2.33. The van der Waals surface area contributed by atoms with E-state index in [0.717, 1.165) is 35.0 Å². The van der Waals surface area contributed by atoms with Gasteiger partial charge in [-0.2, -0.15) is 0 Å². The lowest BCUT2D eigenvalue weighted by Crippen LogP contribution is -2.24. The van der Waals surface area contributed by atoms with Gasteiger partial charge in [0.1, 0.15) is 22.5 Å². The zero-order valence-electron chi connectivity index (χ0n) is 17.3. The van der Waals surface area contributed by atoms with Crippen LogP contribution in [0.4, 0.5) is 0 Å². The van der Waals surface area contributed by atoms with Crippen LogP contribution in [0.1, 0.15) is 37.8 Å². The largest absolute Gasteiger partial charge is 0.505 e. The number of aromatic nitrogens is 3. The maximum absolute atomic E-state index is 11.4. The van der Waals surface area contributed by atoms with E-state index in [4.69, 9.17) is 0 Å². The van der Waals surface area contributed by atoms with Crippen molar-refractivity contribution in [1.29, 1.82) is 0 Å². The van der Waals surface area contributed by atoms with Gasteiger partial charge in [-0.1, -0.05) is 80.7 Å². The van der Waals surface area contributed by atoms with Crippen molar-refractivity contribution in [3.8, 4) is 11.4 Å². The lowest BCUT2D eigenvalue weighted by molar-refractivity contribution is 0.440. The maximum Gasteiger partial charge on any atom is 0.147 e. The van der Waals surface area contributed by atoms with Gasteiger partial charge in [0.25, 0.3) is 0 Å². The number of allylic oxidation sites excluding steroid dienone is 8. The number of phenolic OH excluding ortho intramolecular Hbond substituents is 1. The third-order valence-corrected chi connectivity index (χ3v) is 6.37. The summed E-state index contributed by atoms with van der Waals surface area (Å²) in [6.07, 6.45) is 18.8. The van der Waals surface area contributed by atoms with E-state index in [1.54, 1.807) is 4.80 Å². The highest BCUT2D eigenvalue weighted by molar-refractivity contribution is 5.74. The van der Waals surface area contributed by atoms with Crippen molar-refractivity contribution in [2.45, 2.75) is 37.5 Å². The smallest absolute Gasteiger partial charge is 0.147 e. The minimum atomic E-state index is -0.291. The van der Waals surface area contributed by atoms with Crippen LogP contribution in [0.5, 0.6) is 5.75 Å². The van der Waals surface area contributed by atoms with Gasteiger partial charge in [-0.05, 0) is 36.6 Å². The highest BCUT2D eigenvalue weighted by atomic mass is 16.3. The molecule has 2 aromatic carbocycles. The summed E-state index contributed by atoms with van der Waals surface area (Å²) >= 11 is 0. The molecule has 0 amide bonds. The van der Waals surface area contributed by atoms with Crippen LogP contribution in [0.15, 0.2) is 85.0 Å². The average Bonchev–Trinajstić information content (AvgIpc) is 3.19. The molecule has 4 heteroatoms. The van der Waals surface area contributed by atoms with Gasteiger partial charge >= 0.3 is 0 Å². The molecule has 30 heavy (non-hydrogen) atoms. The molecule has 5 rings (SSSR count). The van der Waals surface area contributed by atoms with Crippen molar-refractivity contribution in [2.24, 2.45) is 0 Å². The lowest BCUT2D eigenvalue weighted by Gasteiger charge is -2.33. The minimum Gasteiger partial charge on any atom is -0.505 e. The van der Waals surface area contributed by atoms with Crippen molar-refractivity contribution in [2.75, 3.05) is 0 Å². The average molecular weight is 396 g/mol. The van der Waals surface area contributed by atoms with Crippen molar-refractivity contribution in [3.63, 3.8) is 0 Å². The molecule has 0 radical (unpaired) electrons. The summed E-state index contributed by atoms with van der Waals surface area (Å²) < 4.78 is 0. The molecule has 0 bridgehead atoms. The summed E-state index contributed by atoms with van der Waals surface area (Å²) in [5.74, 6) is 0.237. The van der Waals surface area contributed by atoms with Crippen LogP contribution < -0.4 is 0 Å². The van der Waals surface area contributed by atoms with Gasteiger partial charge in [0.2, 0.25) is 0 Å². The fourth-order valence-corrected chi connectivity index (χ4v) is 4.37. The van der Waals surface area contributed by atoms with E-state index in [2.05, 4.69) is 78.7 Å². The van der Waals surface area contributed by atoms with E-state index in [1.165, 1.54) is 0 Å². The van der Waals surface area contributed by atoms with Crippen LogP contribution in [0.2, 0.25) is 0 Å². The molecule has 0 fully saturated rings. The van der Waals surface area contributed by atoms with E-state index in [1.807, 2.05) is 30.3 Å². The summed E-state index contributed by atoms with van der Waals surface area (Å²) in [4.78, 5) is 1.57. The van der Waals surface area contributed by atoms with Crippen molar-refractivity contribution >= 4 is 11.0 Å². The molecule has 1 N–H and O–H groups in total. The quantitative estimate of drug-likeness (QED) is 0.621. The van der Waals surface area contributed by atoms with E-state index < -0.39 is 0 Å². The Labute approximate surface area is 176 Å². The fraction of sp³-hybridized carbons (Fsp3) is 0.231. The second-order valence-electron chi connectivity index (χ2n) is 8.69. The molecular weight excluding hydrogens is 370 g/mol. The molecule has 0 aliphatic heterocycles. The number of rotatable bonds is 3. The zero-order chi connectivity index (χ0) is 20.8. The van der Waals surface area contributed by atoms with Gasteiger partial charge in [0, 0.05) is 16.4 Å². The number of phenols is 1. The lowest BCUT2D eigenvalue weighted by atomic mass is 9.72. The van der Waals surface area contributed by atoms with Crippen LogP contribution in [0.3, 0.4) is 0 Å². The molecule has 0 saturated carbocycles. The predicted molar refractivity (Wildman–Crippen MR) is 121 cm³/mol. The molecule has 4 nitrogen and oxygen atoms in total. The number of nitrogens with zero attached hydrogens (tertiary/aromatic N) is 3. The number of hydrogen-bond acceptors (Lipinski definition) is 3. The highest BCUT2D eigenvalue weighted by Crippen LogP contribution is 2.44. The molecule has 1 heterocycles. The second kappa shape index (κ2) is 6.84. The number of benzene rings is 2. The molecule has 2 unspecified atom stereocenters. The Kier molecular flexibility index (Phi) is 4.24. The molecule has 3 aromatic rings. The van der Waals surface area contributed by atoms with Gasteiger partial charge in [-0.3, -0.25) is 0 Å². The van der Waals surface area contributed by atoms with Crippen molar-refractivity contribution < 1.29 is 5.11 Å². The number of fused-ring (bicyclic) bond motifs is 1. The van der Waals surface area contributed by atoms with Crippen LogP contribution >= 0.6 is 0 Å². The van der Waals surface area contributed by atoms with Gasteiger partial charge in [-0.25, -0.2) is 0 Å². The molecule has 0 saturated heterocycles. The van der Waals surface area contributed by atoms with Gasteiger partial charge < -0.3 is 5.11 Å². The number of aromatic hydroxyl groups is 1. The monoisotopic (exact) mass is 395 g/mol. The summed E-state index contributed by atoms with van der Waals surface area (Å²) in [6.45, 7) is 4.40. The fourth-order valence-electron chi connectivity index (χ4n) is 4.37. The number of hydrogen-bond donors (Lipinski definition) is 1. The molecule has 150 valence electrons. The molecule has 2 aliphatic rings. The van der Waals surface area contributed by atoms with E-state index in [0.29, 0.717) is 5.69 Å². The molecule has 1 aromatic heterocycles. The first-order valence-electron chi connectivity index (χ1n) is 10.4. The SMILES string of the molecule is CC1(c2cc(-n3nc4ccccc4n3)c(O)c(C3(C)C=CC=CC3)c2)C=CC=CC1. The van der Waals surface area contributed by atoms with Crippen LogP contribution in [0, 0.1) is 0 Å². The Morgan fingerprint density at radius 2 is 1.43 bits per heavy atom. The summed E-state index contributed by atoms with van der Waals surface area (Å²) in [5, 5.41) is 20.7. The first-order valence-corrected chi connectivity index (χ1v) is 10.4. The summed E-state index contributed by atoms with van der Waals surface area (Å²) in [6, 6.07) is 12.0. The Hall–Kier alpha value is -3.40. The van der Waals surface area contributed by atoms with Crippen LogP contribution in [-0.4, -0.2) is 20.1 Å². The standard InChI is InChI=1S/C26H25N3O/c1-25(13-7-3-8-14-25)19-17-20(26(2)15-9-4-10-16-26)24(30)23(18-19)29-27-21-11-5-6-12-22(21)28-29/h3-13,15,17-18,30H,14,16H2,1-2H3.